The van der Waals surface area contributed by atoms with Crippen LogP contribution in [0.2, 0.25) is 5.02 Å². The Hall–Kier alpha value is -2.20. The van der Waals surface area contributed by atoms with Crippen LogP contribution in [0.4, 0.5) is 11.4 Å². The van der Waals surface area contributed by atoms with E-state index in [1.807, 2.05) is 13.0 Å². The van der Waals surface area contributed by atoms with Crippen LogP contribution in [-0.4, -0.2) is 12.5 Å². The highest BCUT2D eigenvalue weighted by molar-refractivity contribution is 6.30. The molecule has 0 saturated carbocycles. The van der Waals surface area contributed by atoms with Gasteiger partial charge in [0.15, 0.2) is 0 Å². The maximum absolute atomic E-state index is 11.9. The smallest absolute Gasteiger partial charge is 0.227 e. The fourth-order valence-corrected chi connectivity index (χ4v) is 2.04. The molecule has 0 unspecified atom stereocenters. The van der Waals surface area contributed by atoms with Crippen molar-refractivity contribution in [2.24, 2.45) is 0 Å². The topological polar surface area (TPSA) is 64.3 Å². The average molecular weight is 305 g/mol. The van der Waals surface area contributed by atoms with Gasteiger partial charge in [-0.3, -0.25) is 4.79 Å². The third-order valence-corrected chi connectivity index (χ3v) is 3.15. The molecule has 2 rings (SSSR count). The van der Waals surface area contributed by atoms with Crippen LogP contribution in [0, 0.1) is 6.92 Å². The summed E-state index contributed by atoms with van der Waals surface area (Å²) in [5, 5.41) is 3.44. The lowest BCUT2D eigenvalue weighted by molar-refractivity contribution is -0.116. The normalized spacial score (nSPS) is 10.2. The molecule has 0 heterocycles. The van der Waals surface area contributed by atoms with Crippen molar-refractivity contribution in [2.45, 2.75) is 13.3 Å². The second-order valence-corrected chi connectivity index (χ2v) is 5.11. The number of nitrogens with one attached hydrogen (secondary N) is 1. The van der Waals surface area contributed by atoms with Gasteiger partial charge in [-0.1, -0.05) is 17.7 Å². The van der Waals surface area contributed by atoms with Crippen molar-refractivity contribution >= 4 is 28.9 Å². The molecule has 0 aromatic heterocycles. The van der Waals surface area contributed by atoms with E-state index >= 15 is 0 Å². The second-order valence-electron chi connectivity index (χ2n) is 4.68. The second kappa shape index (κ2) is 6.99. The number of carbonyl (C=O) groups is 1. The number of rotatable bonds is 5. The number of anilines is 2. The number of aryl methyl sites for hydroxylation is 1. The minimum absolute atomic E-state index is 0.107. The molecule has 0 atom stereocenters. The molecule has 0 saturated heterocycles. The third-order valence-electron chi connectivity index (χ3n) is 2.92. The number of hydrogen-bond acceptors (Lipinski definition) is 3. The molecule has 0 bridgehead atoms. The van der Waals surface area contributed by atoms with Crippen molar-refractivity contribution in [2.75, 3.05) is 17.7 Å². The largest absolute Gasteiger partial charge is 0.493 e. The zero-order valence-corrected chi connectivity index (χ0v) is 12.5. The maximum atomic E-state index is 11.9. The summed E-state index contributed by atoms with van der Waals surface area (Å²) < 4.78 is 5.48. The van der Waals surface area contributed by atoms with Crippen LogP contribution in [0.3, 0.4) is 0 Å². The van der Waals surface area contributed by atoms with Crippen molar-refractivity contribution in [1.29, 1.82) is 0 Å². The predicted molar refractivity (Wildman–Crippen MR) is 85.8 cm³/mol. The number of benzene rings is 2. The van der Waals surface area contributed by atoms with E-state index in [1.165, 1.54) is 0 Å². The molecule has 2 aromatic carbocycles. The van der Waals surface area contributed by atoms with Crippen LogP contribution >= 0.6 is 11.6 Å². The molecule has 0 aliphatic carbocycles. The van der Waals surface area contributed by atoms with Gasteiger partial charge in [-0.25, -0.2) is 0 Å². The Kier molecular flexibility index (Phi) is 5.06. The monoisotopic (exact) mass is 304 g/mol. The Morgan fingerprint density at radius 1 is 1.29 bits per heavy atom. The molecule has 21 heavy (non-hydrogen) atoms. The molecular weight excluding hydrogens is 288 g/mol. The first-order chi connectivity index (χ1) is 10.0. The van der Waals surface area contributed by atoms with Gasteiger partial charge in [-0.15, -0.1) is 0 Å². The Morgan fingerprint density at radius 3 is 2.81 bits per heavy atom. The Balaban J connectivity index is 1.82. The molecule has 0 aliphatic rings. The van der Waals surface area contributed by atoms with E-state index in [9.17, 15) is 4.79 Å². The molecule has 110 valence electrons. The zero-order valence-electron chi connectivity index (χ0n) is 11.7. The van der Waals surface area contributed by atoms with E-state index in [1.54, 1.807) is 36.4 Å². The molecule has 1 amide bonds. The number of nitrogen functional groups attached to an aromatic ring is 1. The third kappa shape index (κ3) is 4.68. The van der Waals surface area contributed by atoms with Gasteiger partial charge >= 0.3 is 0 Å². The van der Waals surface area contributed by atoms with E-state index in [2.05, 4.69) is 5.32 Å². The summed E-state index contributed by atoms with van der Waals surface area (Å²) in [5.41, 5.74) is 8.04. The summed E-state index contributed by atoms with van der Waals surface area (Å²) in [7, 11) is 0. The Morgan fingerprint density at radius 2 is 2.10 bits per heavy atom. The van der Waals surface area contributed by atoms with Gasteiger partial charge < -0.3 is 15.8 Å². The Bertz CT molecular complexity index is 644. The van der Waals surface area contributed by atoms with Gasteiger partial charge in [0.2, 0.25) is 5.91 Å². The Labute approximate surface area is 128 Å². The molecule has 2 aromatic rings. The molecule has 0 spiro atoms. The van der Waals surface area contributed by atoms with E-state index < -0.39 is 0 Å². The minimum Gasteiger partial charge on any atom is -0.493 e. The summed E-state index contributed by atoms with van der Waals surface area (Å²) in [4.78, 5) is 11.9. The molecular formula is C16H17ClN2O2. The molecule has 0 aliphatic heterocycles. The fourth-order valence-electron chi connectivity index (χ4n) is 1.86. The lowest BCUT2D eigenvalue weighted by Gasteiger charge is -2.10. The summed E-state index contributed by atoms with van der Waals surface area (Å²) in [6.45, 7) is 2.19. The van der Waals surface area contributed by atoms with Gasteiger partial charge in [0.1, 0.15) is 5.75 Å². The number of carbonyl (C=O) groups excluding carboxylic acids is 1. The number of ether oxygens (including phenoxy) is 1. The average Bonchev–Trinajstić information content (AvgIpc) is 2.42. The van der Waals surface area contributed by atoms with Crippen LogP contribution in [0.25, 0.3) is 0 Å². The molecule has 4 nitrogen and oxygen atoms in total. The molecule has 3 N–H and O–H groups in total. The van der Waals surface area contributed by atoms with Crippen LogP contribution < -0.4 is 15.8 Å². The lowest BCUT2D eigenvalue weighted by Crippen LogP contribution is -2.15. The van der Waals surface area contributed by atoms with Gasteiger partial charge in [-0.2, -0.15) is 0 Å². The van der Waals surface area contributed by atoms with Crippen molar-refractivity contribution in [3.8, 4) is 5.75 Å². The maximum Gasteiger partial charge on any atom is 0.227 e. The fraction of sp³-hybridized carbons (Fsp3) is 0.188. The van der Waals surface area contributed by atoms with E-state index in [-0.39, 0.29) is 12.3 Å². The van der Waals surface area contributed by atoms with Gasteiger partial charge in [0.25, 0.3) is 0 Å². The molecule has 0 fully saturated rings. The van der Waals surface area contributed by atoms with E-state index in [0.29, 0.717) is 23.1 Å². The first kappa shape index (κ1) is 15.2. The number of nitrogens with two attached hydrogens (primary N) is 1. The first-order valence-electron chi connectivity index (χ1n) is 6.59. The number of amides is 1. The van der Waals surface area contributed by atoms with Crippen molar-refractivity contribution in [3.05, 3.63) is 53.1 Å². The van der Waals surface area contributed by atoms with E-state index in [0.717, 1.165) is 11.3 Å². The quantitative estimate of drug-likeness (QED) is 0.829. The van der Waals surface area contributed by atoms with Gasteiger partial charge in [-0.05, 0) is 48.9 Å². The highest BCUT2D eigenvalue weighted by Gasteiger charge is 2.05. The van der Waals surface area contributed by atoms with Crippen molar-refractivity contribution in [3.63, 3.8) is 0 Å². The minimum atomic E-state index is -0.107. The summed E-state index contributed by atoms with van der Waals surface area (Å²) in [6, 6.07) is 12.4. The molecule has 0 radical (unpaired) electrons. The van der Waals surface area contributed by atoms with E-state index in [4.69, 9.17) is 22.1 Å². The predicted octanol–water partition coefficient (Wildman–Crippen LogP) is 3.64. The van der Waals surface area contributed by atoms with Crippen LogP contribution in [0.5, 0.6) is 5.75 Å². The van der Waals surface area contributed by atoms with Gasteiger partial charge in [0, 0.05) is 16.4 Å². The highest BCUT2D eigenvalue weighted by Crippen LogP contribution is 2.19. The van der Waals surface area contributed by atoms with Crippen LogP contribution in [0.15, 0.2) is 42.5 Å². The standard InChI is InChI=1S/C16H17ClN2O2/c1-11-9-13(18)5-6-15(11)19-16(20)7-8-21-14-4-2-3-12(17)10-14/h2-6,9-10H,7-8,18H2,1H3,(H,19,20). The van der Waals surface area contributed by atoms with Crippen molar-refractivity contribution < 1.29 is 9.53 Å². The highest BCUT2D eigenvalue weighted by atomic mass is 35.5. The SMILES string of the molecule is Cc1cc(N)ccc1NC(=O)CCOc1cccc(Cl)c1. The summed E-state index contributed by atoms with van der Waals surface area (Å²) >= 11 is 5.85. The zero-order chi connectivity index (χ0) is 15.2. The summed E-state index contributed by atoms with van der Waals surface area (Å²) in [6.07, 6.45) is 0.260. The lowest BCUT2D eigenvalue weighted by atomic mass is 10.2. The van der Waals surface area contributed by atoms with Crippen LogP contribution in [0.1, 0.15) is 12.0 Å². The summed E-state index contributed by atoms with van der Waals surface area (Å²) in [5.74, 6) is 0.545. The first-order valence-corrected chi connectivity index (χ1v) is 6.97. The molecule has 5 heteroatoms. The number of hydrogen-bond donors (Lipinski definition) is 2. The van der Waals surface area contributed by atoms with Crippen LogP contribution in [-0.2, 0) is 4.79 Å². The van der Waals surface area contributed by atoms with Crippen molar-refractivity contribution in [1.82, 2.24) is 0 Å². The van der Waals surface area contributed by atoms with Gasteiger partial charge in [0.05, 0.1) is 13.0 Å². The number of halogens is 1.